The Hall–Kier alpha value is -0.990. The van der Waals surface area contributed by atoms with E-state index in [1.54, 1.807) is 0 Å². The average Bonchev–Trinajstić information content (AvgIpc) is 2.70. The van der Waals surface area contributed by atoms with Crippen LogP contribution in [-0.4, -0.2) is 6.54 Å². The highest BCUT2D eigenvalue weighted by atomic mass is 35.5. The Bertz CT molecular complexity index is 518. The van der Waals surface area contributed by atoms with Gasteiger partial charge in [-0.1, -0.05) is 32.4 Å². The number of benzene rings is 1. The van der Waals surface area contributed by atoms with Crippen LogP contribution in [0.5, 0.6) is 0 Å². The molecule has 1 aromatic carbocycles. The Balaban J connectivity index is 2.31. The van der Waals surface area contributed by atoms with Gasteiger partial charge in [-0.05, 0) is 43.1 Å². The van der Waals surface area contributed by atoms with Crippen LogP contribution in [0.2, 0.25) is 5.02 Å². The van der Waals surface area contributed by atoms with Crippen molar-refractivity contribution in [2.24, 2.45) is 5.92 Å². The van der Waals surface area contributed by atoms with E-state index in [0.717, 1.165) is 34.7 Å². The van der Waals surface area contributed by atoms with Crippen molar-refractivity contribution in [3.8, 4) is 0 Å². The number of fused-ring (bicyclic) bond motifs is 1. The maximum atomic E-state index is 6.00. The first-order valence-corrected chi connectivity index (χ1v) is 6.90. The fourth-order valence-corrected chi connectivity index (χ4v) is 2.40. The van der Waals surface area contributed by atoms with Gasteiger partial charge in [0.25, 0.3) is 0 Å². The third-order valence-electron chi connectivity index (χ3n) is 3.00. The molecule has 0 saturated carbocycles. The van der Waals surface area contributed by atoms with Crippen LogP contribution in [-0.2, 0) is 0 Å². The molecule has 1 heterocycles. The lowest BCUT2D eigenvalue weighted by Gasteiger charge is -2.17. The van der Waals surface area contributed by atoms with Gasteiger partial charge >= 0.3 is 0 Å². The van der Waals surface area contributed by atoms with Crippen LogP contribution in [0.4, 0.5) is 0 Å². The van der Waals surface area contributed by atoms with Gasteiger partial charge < -0.3 is 9.73 Å². The van der Waals surface area contributed by atoms with E-state index >= 15 is 0 Å². The SMILES string of the molecule is CCNC(CC(C)C)c1cc2cc(Cl)ccc2o1. The molecule has 0 aliphatic heterocycles. The molecule has 1 atom stereocenters. The topological polar surface area (TPSA) is 25.2 Å². The van der Waals surface area contributed by atoms with Crippen LogP contribution in [0.1, 0.15) is 39.0 Å². The van der Waals surface area contributed by atoms with Gasteiger partial charge in [0.1, 0.15) is 11.3 Å². The molecule has 1 unspecified atom stereocenters. The van der Waals surface area contributed by atoms with Crippen molar-refractivity contribution >= 4 is 22.6 Å². The largest absolute Gasteiger partial charge is 0.459 e. The van der Waals surface area contributed by atoms with Crippen molar-refractivity contribution in [1.29, 1.82) is 0 Å². The summed E-state index contributed by atoms with van der Waals surface area (Å²) in [6.45, 7) is 7.51. The Kier molecular flexibility index (Phi) is 4.31. The van der Waals surface area contributed by atoms with Crippen molar-refractivity contribution in [2.75, 3.05) is 6.54 Å². The van der Waals surface area contributed by atoms with Crippen LogP contribution in [0.15, 0.2) is 28.7 Å². The van der Waals surface area contributed by atoms with Gasteiger partial charge in [0.15, 0.2) is 0 Å². The van der Waals surface area contributed by atoms with Gasteiger partial charge in [-0.25, -0.2) is 0 Å². The second-order valence-electron chi connectivity index (χ2n) is 5.07. The summed E-state index contributed by atoms with van der Waals surface area (Å²) in [6.07, 6.45) is 1.07. The van der Waals surface area contributed by atoms with Crippen LogP contribution in [0.3, 0.4) is 0 Å². The molecule has 0 bridgehead atoms. The van der Waals surface area contributed by atoms with Gasteiger partial charge in [-0.2, -0.15) is 0 Å². The number of furan rings is 1. The molecule has 3 heteroatoms. The molecule has 0 saturated heterocycles. The van der Waals surface area contributed by atoms with E-state index in [4.69, 9.17) is 16.0 Å². The highest BCUT2D eigenvalue weighted by Gasteiger charge is 2.16. The number of hydrogen-bond acceptors (Lipinski definition) is 2. The molecule has 2 nitrogen and oxygen atoms in total. The zero-order valence-electron chi connectivity index (χ0n) is 11.2. The predicted molar refractivity (Wildman–Crippen MR) is 77.1 cm³/mol. The van der Waals surface area contributed by atoms with Crippen LogP contribution in [0, 0.1) is 5.92 Å². The lowest BCUT2D eigenvalue weighted by atomic mass is 10.0. The van der Waals surface area contributed by atoms with Gasteiger partial charge in [-0.15, -0.1) is 0 Å². The van der Waals surface area contributed by atoms with Gasteiger partial charge in [0.2, 0.25) is 0 Å². The van der Waals surface area contributed by atoms with E-state index in [-0.39, 0.29) is 6.04 Å². The lowest BCUT2D eigenvalue weighted by molar-refractivity contribution is 0.377. The summed E-state index contributed by atoms with van der Waals surface area (Å²) in [7, 11) is 0. The molecule has 1 N–H and O–H groups in total. The van der Waals surface area contributed by atoms with Crippen molar-refractivity contribution in [2.45, 2.75) is 33.2 Å². The number of rotatable bonds is 5. The van der Waals surface area contributed by atoms with E-state index < -0.39 is 0 Å². The maximum Gasteiger partial charge on any atom is 0.134 e. The third-order valence-corrected chi connectivity index (χ3v) is 3.23. The quantitative estimate of drug-likeness (QED) is 0.841. The first-order valence-electron chi connectivity index (χ1n) is 6.52. The molecule has 18 heavy (non-hydrogen) atoms. The van der Waals surface area contributed by atoms with Crippen LogP contribution in [0.25, 0.3) is 11.0 Å². The molecular formula is C15H20ClNO. The van der Waals surface area contributed by atoms with Crippen molar-refractivity contribution in [3.63, 3.8) is 0 Å². The number of nitrogens with one attached hydrogen (secondary N) is 1. The Morgan fingerprint density at radius 2 is 2.06 bits per heavy atom. The fourth-order valence-electron chi connectivity index (χ4n) is 2.22. The highest BCUT2D eigenvalue weighted by molar-refractivity contribution is 6.31. The van der Waals surface area contributed by atoms with Crippen LogP contribution < -0.4 is 5.32 Å². The summed E-state index contributed by atoms with van der Waals surface area (Å²) < 4.78 is 5.92. The average molecular weight is 266 g/mol. The van der Waals surface area contributed by atoms with Crippen molar-refractivity contribution < 1.29 is 4.42 Å². The Morgan fingerprint density at radius 3 is 2.72 bits per heavy atom. The Morgan fingerprint density at radius 1 is 1.28 bits per heavy atom. The molecule has 0 radical (unpaired) electrons. The lowest BCUT2D eigenvalue weighted by Crippen LogP contribution is -2.21. The summed E-state index contributed by atoms with van der Waals surface area (Å²) >= 11 is 6.00. The van der Waals surface area contributed by atoms with Crippen LogP contribution >= 0.6 is 11.6 Å². The molecule has 2 rings (SSSR count). The predicted octanol–water partition coefficient (Wildman–Crippen LogP) is 4.78. The minimum Gasteiger partial charge on any atom is -0.459 e. The smallest absolute Gasteiger partial charge is 0.134 e. The molecule has 0 aliphatic carbocycles. The maximum absolute atomic E-state index is 6.00. The monoisotopic (exact) mass is 265 g/mol. The normalized spacial score (nSPS) is 13.4. The summed E-state index contributed by atoms with van der Waals surface area (Å²) in [4.78, 5) is 0. The number of hydrogen-bond donors (Lipinski definition) is 1. The van der Waals surface area contributed by atoms with E-state index in [2.05, 4.69) is 32.2 Å². The van der Waals surface area contributed by atoms with Gasteiger partial charge in [-0.3, -0.25) is 0 Å². The summed E-state index contributed by atoms with van der Waals surface area (Å²) in [5, 5.41) is 5.30. The molecule has 0 spiro atoms. The molecule has 0 aliphatic rings. The van der Waals surface area contributed by atoms with Crippen molar-refractivity contribution in [1.82, 2.24) is 5.32 Å². The second kappa shape index (κ2) is 5.77. The first-order chi connectivity index (χ1) is 8.60. The first kappa shape index (κ1) is 13.4. The minimum absolute atomic E-state index is 0.279. The molecule has 1 aromatic heterocycles. The molecule has 98 valence electrons. The van der Waals surface area contributed by atoms with E-state index in [9.17, 15) is 0 Å². The fraction of sp³-hybridized carbons (Fsp3) is 0.467. The van der Waals surface area contributed by atoms with Gasteiger partial charge in [0.05, 0.1) is 6.04 Å². The number of halogens is 1. The summed E-state index contributed by atoms with van der Waals surface area (Å²) in [6, 6.07) is 8.11. The second-order valence-corrected chi connectivity index (χ2v) is 5.51. The molecular weight excluding hydrogens is 246 g/mol. The van der Waals surface area contributed by atoms with Gasteiger partial charge in [0, 0.05) is 10.4 Å². The summed E-state index contributed by atoms with van der Waals surface area (Å²) in [5.74, 6) is 1.63. The highest BCUT2D eigenvalue weighted by Crippen LogP contribution is 2.29. The third kappa shape index (κ3) is 3.06. The van der Waals surface area contributed by atoms with Crippen molar-refractivity contribution in [3.05, 3.63) is 35.0 Å². The van der Waals surface area contributed by atoms with E-state index in [0.29, 0.717) is 5.92 Å². The molecule has 0 fully saturated rings. The van der Waals surface area contributed by atoms with E-state index in [1.807, 2.05) is 18.2 Å². The standard InChI is InChI=1S/C15H20ClNO/c1-4-17-13(7-10(2)3)15-9-11-8-12(16)5-6-14(11)18-15/h5-6,8-10,13,17H,4,7H2,1-3H3. The molecule has 0 amide bonds. The zero-order chi connectivity index (χ0) is 13.1. The molecule has 2 aromatic rings. The summed E-state index contributed by atoms with van der Waals surface area (Å²) in [5.41, 5.74) is 0.904. The zero-order valence-corrected chi connectivity index (χ0v) is 11.9. The van der Waals surface area contributed by atoms with E-state index in [1.165, 1.54) is 0 Å². The minimum atomic E-state index is 0.279. The Labute approximate surface area is 113 Å².